The van der Waals surface area contributed by atoms with E-state index in [1.807, 2.05) is 11.0 Å². The first-order valence-corrected chi connectivity index (χ1v) is 9.82. The van der Waals surface area contributed by atoms with Gasteiger partial charge < -0.3 is 14.4 Å². The Morgan fingerprint density at radius 1 is 1.12 bits per heavy atom. The van der Waals surface area contributed by atoms with E-state index in [0.717, 1.165) is 38.8 Å². The van der Waals surface area contributed by atoms with Crippen LogP contribution in [-0.2, 0) is 9.47 Å². The molecule has 0 bridgehead atoms. The fourth-order valence-corrected chi connectivity index (χ4v) is 4.82. The van der Waals surface area contributed by atoms with Gasteiger partial charge in [-0.15, -0.1) is 11.3 Å². The second-order valence-electron chi connectivity index (χ2n) is 7.09. The number of thiophene rings is 1. The zero-order valence-corrected chi connectivity index (χ0v) is 15.5. The Morgan fingerprint density at radius 2 is 1.88 bits per heavy atom. The summed E-state index contributed by atoms with van der Waals surface area (Å²) >= 11 is 1.48. The lowest BCUT2D eigenvalue weighted by Crippen LogP contribution is -2.47. The number of ether oxygens (including phenoxy) is 2. The number of carbonyl (C=O) groups excluding carboxylic acids is 1. The van der Waals surface area contributed by atoms with E-state index in [4.69, 9.17) is 14.5 Å². The first-order valence-electron chi connectivity index (χ1n) is 9.00. The van der Waals surface area contributed by atoms with Crippen molar-refractivity contribution in [2.24, 2.45) is 0 Å². The number of rotatable bonds is 1. The molecule has 2 fully saturated rings. The smallest absolute Gasteiger partial charge is 0.264 e. The van der Waals surface area contributed by atoms with Gasteiger partial charge in [-0.1, -0.05) is 12.1 Å². The van der Waals surface area contributed by atoms with Gasteiger partial charge in [0.05, 0.1) is 23.6 Å². The van der Waals surface area contributed by atoms with E-state index in [2.05, 4.69) is 31.2 Å². The van der Waals surface area contributed by atoms with Crippen molar-refractivity contribution in [1.82, 2.24) is 9.88 Å². The van der Waals surface area contributed by atoms with Crippen molar-refractivity contribution in [1.29, 1.82) is 0 Å². The van der Waals surface area contributed by atoms with Gasteiger partial charge in [-0.3, -0.25) is 4.79 Å². The molecule has 2 saturated heterocycles. The molecule has 3 aromatic rings. The van der Waals surface area contributed by atoms with Gasteiger partial charge in [0, 0.05) is 36.7 Å². The normalized spacial score (nSPS) is 19.7. The minimum atomic E-state index is -0.450. The summed E-state index contributed by atoms with van der Waals surface area (Å²) in [4.78, 5) is 21.3. The molecule has 0 saturated carbocycles. The number of aryl methyl sites for hydroxylation is 1. The highest BCUT2D eigenvalue weighted by Crippen LogP contribution is 2.33. The van der Waals surface area contributed by atoms with Gasteiger partial charge in [0.15, 0.2) is 5.79 Å². The molecule has 1 spiro atoms. The molecule has 2 aromatic heterocycles. The van der Waals surface area contributed by atoms with Crippen molar-refractivity contribution in [2.75, 3.05) is 26.3 Å². The Kier molecular flexibility index (Phi) is 3.74. The molecule has 1 aromatic carbocycles. The molecule has 5 nitrogen and oxygen atoms in total. The highest BCUT2D eigenvalue weighted by Gasteiger charge is 2.41. The van der Waals surface area contributed by atoms with Crippen LogP contribution < -0.4 is 0 Å². The summed E-state index contributed by atoms with van der Waals surface area (Å²) in [6, 6.07) is 10.4. The summed E-state index contributed by atoms with van der Waals surface area (Å²) in [5.74, 6) is -0.366. The number of pyridine rings is 1. The molecule has 2 aliphatic heterocycles. The van der Waals surface area contributed by atoms with Crippen LogP contribution in [-0.4, -0.2) is 47.9 Å². The fourth-order valence-electron chi connectivity index (χ4n) is 3.83. The van der Waals surface area contributed by atoms with E-state index in [1.165, 1.54) is 16.9 Å². The lowest BCUT2D eigenvalue weighted by molar-refractivity contribution is -0.181. The Morgan fingerprint density at radius 3 is 2.65 bits per heavy atom. The molecule has 0 N–H and O–H groups in total. The number of piperidine rings is 1. The highest BCUT2D eigenvalue weighted by molar-refractivity contribution is 7.20. The second-order valence-corrected chi connectivity index (χ2v) is 8.12. The summed E-state index contributed by atoms with van der Waals surface area (Å²) < 4.78 is 11.5. The van der Waals surface area contributed by atoms with Crippen molar-refractivity contribution in [3.63, 3.8) is 0 Å². The summed E-state index contributed by atoms with van der Waals surface area (Å²) in [5.41, 5.74) is 2.17. The Hall–Kier alpha value is -2.02. The summed E-state index contributed by atoms with van der Waals surface area (Å²) in [6.45, 7) is 4.71. The molecule has 6 heteroatoms. The van der Waals surface area contributed by atoms with Gasteiger partial charge in [0.2, 0.25) is 0 Å². The zero-order chi connectivity index (χ0) is 17.7. The predicted molar refractivity (Wildman–Crippen MR) is 102 cm³/mol. The largest absolute Gasteiger partial charge is 0.347 e. The van der Waals surface area contributed by atoms with Crippen LogP contribution in [0.1, 0.15) is 28.1 Å². The van der Waals surface area contributed by atoms with E-state index in [-0.39, 0.29) is 5.91 Å². The number of carbonyl (C=O) groups is 1. The number of amides is 1. The Balaban J connectivity index is 1.41. The molecule has 5 rings (SSSR count). The van der Waals surface area contributed by atoms with Crippen LogP contribution in [0.3, 0.4) is 0 Å². The monoisotopic (exact) mass is 368 g/mol. The number of hydrogen-bond acceptors (Lipinski definition) is 5. The summed E-state index contributed by atoms with van der Waals surface area (Å²) in [5, 5.41) is 2.14. The first kappa shape index (κ1) is 16.2. The van der Waals surface area contributed by atoms with E-state index in [0.29, 0.717) is 26.3 Å². The molecule has 1 amide bonds. The molecule has 4 heterocycles. The van der Waals surface area contributed by atoms with Gasteiger partial charge in [0.1, 0.15) is 4.83 Å². The molecular formula is C20H20N2O3S. The molecular weight excluding hydrogens is 348 g/mol. The second kappa shape index (κ2) is 6.01. The topological polar surface area (TPSA) is 51.7 Å². The third kappa shape index (κ3) is 2.69. The maximum atomic E-state index is 12.9. The Labute approximate surface area is 155 Å². The summed E-state index contributed by atoms with van der Waals surface area (Å²) in [7, 11) is 0. The molecule has 0 aliphatic carbocycles. The van der Waals surface area contributed by atoms with E-state index < -0.39 is 5.79 Å². The lowest BCUT2D eigenvalue weighted by Gasteiger charge is -2.37. The number of likely N-dealkylation sites (tertiary alicyclic amines) is 1. The number of nitrogens with zero attached hydrogens (tertiary/aromatic N) is 2. The maximum Gasteiger partial charge on any atom is 0.264 e. The van der Waals surface area contributed by atoms with Gasteiger partial charge in [0.25, 0.3) is 5.91 Å². The molecule has 0 unspecified atom stereocenters. The van der Waals surface area contributed by atoms with Crippen LogP contribution in [0.25, 0.3) is 21.1 Å². The average molecular weight is 368 g/mol. The number of benzene rings is 1. The average Bonchev–Trinajstić information content (AvgIpc) is 3.26. The number of aromatic nitrogens is 1. The quantitative estimate of drug-likeness (QED) is 0.657. The minimum Gasteiger partial charge on any atom is -0.347 e. The van der Waals surface area contributed by atoms with E-state index in [1.54, 1.807) is 0 Å². The fraction of sp³-hybridized carbons (Fsp3) is 0.400. The van der Waals surface area contributed by atoms with Gasteiger partial charge in [-0.25, -0.2) is 4.98 Å². The highest BCUT2D eigenvalue weighted by atomic mass is 32.1. The predicted octanol–water partition coefficient (Wildman–Crippen LogP) is 3.74. The third-order valence-corrected chi connectivity index (χ3v) is 6.33. The minimum absolute atomic E-state index is 0.0843. The third-order valence-electron chi connectivity index (χ3n) is 5.30. The Bertz CT molecular complexity index is 997. The van der Waals surface area contributed by atoms with Crippen LogP contribution in [0.2, 0.25) is 0 Å². The molecule has 2 aliphatic rings. The zero-order valence-electron chi connectivity index (χ0n) is 14.7. The number of hydrogen-bond donors (Lipinski definition) is 0. The molecule has 0 atom stereocenters. The van der Waals surface area contributed by atoms with Crippen LogP contribution in [0, 0.1) is 6.92 Å². The molecule has 26 heavy (non-hydrogen) atoms. The van der Waals surface area contributed by atoms with Crippen LogP contribution in [0.5, 0.6) is 0 Å². The van der Waals surface area contributed by atoms with Gasteiger partial charge in [-0.05, 0) is 30.7 Å². The summed E-state index contributed by atoms with van der Waals surface area (Å²) in [6.07, 6.45) is 1.48. The SMILES string of the molecule is Cc1ccc2cc3cc(C(=O)N4CCC5(CC4)OCCO5)sc3nc2c1. The molecule has 0 radical (unpaired) electrons. The van der Waals surface area contributed by atoms with Crippen molar-refractivity contribution in [3.05, 3.63) is 40.8 Å². The van der Waals surface area contributed by atoms with Crippen molar-refractivity contribution >= 4 is 38.4 Å². The van der Waals surface area contributed by atoms with Crippen molar-refractivity contribution in [3.8, 4) is 0 Å². The van der Waals surface area contributed by atoms with Gasteiger partial charge >= 0.3 is 0 Å². The van der Waals surface area contributed by atoms with Gasteiger partial charge in [-0.2, -0.15) is 0 Å². The van der Waals surface area contributed by atoms with Crippen molar-refractivity contribution in [2.45, 2.75) is 25.6 Å². The standard InChI is InChI=1S/C20H20N2O3S/c1-13-2-3-14-11-15-12-17(26-18(15)21-16(14)10-13)19(23)22-6-4-20(5-7-22)24-8-9-25-20/h2-3,10-12H,4-9H2,1H3. The first-order chi connectivity index (χ1) is 12.6. The van der Waals surface area contributed by atoms with Crippen LogP contribution in [0.4, 0.5) is 0 Å². The number of fused-ring (bicyclic) bond motifs is 2. The van der Waals surface area contributed by atoms with Crippen molar-refractivity contribution < 1.29 is 14.3 Å². The van der Waals surface area contributed by atoms with Crippen LogP contribution in [0.15, 0.2) is 30.3 Å². The lowest BCUT2D eigenvalue weighted by atomic mass is 10.0. The van der Waals surface area contributed by atoms with Crippen LogP contribution >= 0.6 is 11.3 Å². The molecule has 134 valence electrons. The van der Waals surface area contributed by atoms with E-state index >= 15 is 0 Å². The maximum absolute atomic E-state index is 12.9. The van der Waals surface area contributed by atoms with E-state index in [9.17, 15) is 4.79 Å².